The van der Waals surface area contributed by atoms with Crippen LogP contribution in [0.5, 0.6) is 0 Å². The molecule has 0 amide bonds. The Morgan fingerprint density at radius 1 is 0.920 bits per heavy atom. The van der Waals surface area contributed by atoms with Gasteiger partial charge in [0, 0.05) is 41.9 Å². The first-order valence-electron chi connectivity index (χ1n) is 7.35. The molecule has 0 saturated carbocycles. The van der Waals surface area contributed by atoms with Crippen LogP contribution in [-0.2, 0) is 0 Å². The maximum absolute atomic E-state index is 13.0. The molecule has 0 spiro atoms. The van der Waals surface area contributed by atoms with Crippen LogP contribution in [0.3, 0.4) is 0 Å². The molecule has 0 saturated heterocycles. The van der Waals surface area contributed by atoms with E-state index in [9.17, 15) is 4.79 Å². The highest BCUT2D eigenvalue weighted by Gasteiger charge is 2.19. The Morgan fingerprint density at radius 2 is 1.64 bits per heavy atom. The van der Waals surface area contributed by atoms with Crippen molar-refractivity contribution in [3.63, 3.8) is 0 Å². The molecule has 0 fully saturated rings. The van der Waals surface area contributed by atoms with E-state index in [-0.39, 0.29) is 21.5 Å². The number of hydrogen-bond donors (Lipinski definition) is 0. The Morgan fingerprint density at radius 3 is 2.36 bits per heavy atom. The Labute approximate surface area is 152 Å². The molecule has 0 aliphatic heterocycles. The van der Waals surface area contributed by atoms with Gasteiger partial charge in [-0.1, -0.05) is 23.2 Å². The number of hydrogen-bond acceptors (Lipinski definition) is 4. The predicted molar refractivity (Wildman–Crippen MR) is 96.9 cm³/mol. The number of nitrogens with zero attached hydrogens (tertiary/aromatic N) is 4. The minimum atomic E-state index is -0.299. The van der Waals surface area contributed by atoms with Crippen LogP contribution in [0.2, 0.25) is 10.0 Å². The van der Waals surface area contributed by atoms with Crippen LogP contribution in [-0.4, -0.2) is 25.4 Å². The second kappa shape index (κ2) is 6.27. The fourth-order valence-corrected chi connectivity index (χ4v) is 3.32. The van der Waals surface area contributed by atoms with Crippen LogP contribution in [0.15, 0.2) is 61.6 Å². The van der Waals surface area contributed by atoms with Gasteiger partial charge >= 0.3 is 0 Å². The van der Waals surface area contributed by atoms with Gasteiger partial charge in [0.2, 0.25) is 0 Å². The Kier molecular flexibility index (Phi) is 3.95. The van der Waals surface area contributed by atoms with Gasteiger partial charge in [0.1, 0.15) is 6.33 Å². The van der Waals surface area contributed by atoms with Gasteiger partial charge in [0.25, 0.3) is 5.91 Å². The zero-order chi connectivity index (χ0) is 17.4. The lowest BCUT2D eigenvalue weighted by Gasteiger charge is -2.10. The zero-order valence-electron chi connectivity index (χ0n) is 12.7. The summed E-state index contributed by atoms with van der Waals surface area (Å²) in [6.07, 6.45) is 9.76. The van der Waals surface area contributed by atoms with Gasteiger partial charge in [-0.05, 0) is 29.8 Å². The molecule has 5 nitrogen and oxygen atoms in total. The average Bonchev–Trinajstić information content (AvgIpc) is 3.06. The Hall–Kier alpha value is -2.76. The number of carbonyl (C=O) groups excluding carboxylic acids is 1. The monoisotopic (exact) mass is 368 g/mol. The number of halogens is 2. The predicted octanol–water partition coefficient (Wildman–Crippen LogP) is 4.49. The minimum Gasteiger partial charge on any atom is -0.283 e. The molecule has 4 rings (SSSR count). The summed E-state index contributed by atoms with van der Waals surface area (Å²) in [5, 5.41) is 1.40. The summed E-state index contributed by atoms with van der Waals surface area (Å²) >= 11 is 12.8. The van der Waals surface area contributed by atoms with E-state index >= 15 is 0 Å². The molecule has 4 aromatic rings. The van der Waals surface area contributed by atoms with Crippen LogP contribution in [0.1, 0.15) is 10.4 Å². The lowest BCUT2D eigenvalue weighted by Crippen LogP contribution is -2.12. The first-order valence-corrected chi connectivity index (χ1v) is 8.11. The summed E-state index contributed by atoms with van der Waals surface area (Å²) in [6, 6.07) is 6.96. The molecule has 0 unspecified atom stereocenters. The van der Waals surface area contributed by atoms with Gasteiger partial charge in [0.15, 0.2) is 0 Å². The van der Waals surface area contributed by atoms with Crippen molar-refractivity contribution in [2.45, 2.75) is 0 Å². The summed E-state index contributed by atoms with van der Waals surface area (Å²) in [5.74, 6) is -0.299. The number of carbonyl (C=O) groups is 1. The van der Waals surface area contributed by atoms with E-state index in [1.54, 1.807) is 49.2 Å². The normalized spacial score (nSPS) is 11.0. The van der Waals surface area contributed by atoms with E-state index in [0.717, 1.165) is 22.0 Å². The van der Waals surface area contributed by atoms with Crippen molar-refractivity contribution in [1.29, 1.82) is 0 Å². The third-order valence-electron chi connectivity index (χ3n) is 3.86. The average molecular weight is 369 g/mol. The topological polar surface area (TPSA) is 60.7 Å². The van der Waals surface area contributed by atoms with Crippen molar-refractivity contribution >= 4 is 40.0 Å². The molecule has 1 aromatic carbocycles. The highest BCUT2D eigenvalue weighted by Crippen LogP contribution is 2.32. The van der Waals surface area contributed by atoms with Crippen molar-refractivity contribution in [2.75, 3.05) is 0 Å². The van der Waals surface area contributed by atoms with Crippen molar-refractivity contribution in [3.8, 4) is 11.1 Å². The first-order chi connectivity index (χ1) is 12.1. The molecule has 0 bridgehead atoms. The van der Waals surface area contributed by atoms with Crippen LogP contribution in [0.4, 0.5) is 0 Å². The molecule has 3 aromatic heterocycles. The number of benzene rings is 1. The van der Waals surface area contributed by atoms with Gasteiger partial charge in [-0.25, -0.2) is 9.97 Å². The second-order valence-corrected chi connectivity index (χ2v) is 6.18. The number of fused-ring (bicyclic) bond motifs is 1. The summed E-state index contributed by atoms with van der Waals surface area (Å²) < 4.78 is 1.51. The van der Waals surface area contributed by atoms with E-state index in [2.05, 4.69) is 15.0 Å². The molecule has 0 radical (unpaired) electrons. The quantitative estimate of drug-likeness (QED) is 0.522. The third kappa shape index (κ3) is 2.77. The number of aromatic nitrogens is 4. The fraction of sp³-hybridized carbons (Fsp3) is 0. The van der Waals surface area contributed by atoms with E-state index in [1.165, 1.54) is 10.9 Å². The summed E-state index contributed by atoms with van der Waals surface area (Å²) in [7, 11) is 0. The number of pyridine rings is 1. The van der Waals surface area contributed by atoms with Gasteiger partial charge in [-0.2, -0.15) is 0 Å². The minimum absolute atomic E-state index is 0.248. The standard InChI is InChI=1S/C18H10Cl2N4O/c19-14-5-12(13-8-22-10-23-9-13)6-15(20)17(14)18(25)24-4-2-11-7-21-3-1-16(11)24/h1-10H. The first kappa shape index (κ1) is 15.7. The molecule has 0 aliphatic carbocycles. The SMILES string of the molecule is O=C(c1c(Cl)cc(-c2cncnc2)cc1Cl)n1ccc2cnccc21. The number of rotatable bonds is 2. The van der Waals surface area contributed by atoms with Gasteiger partial charge in [-0.3, -0.25) is 14.3 Å². The fourth-order valence-electron chi connectivity index (χ4n) is 2.67. The van der Waals surface area contributed by atoms with E-state index in [4.69, 9.17) is 23.2 Å². The smallest absolute Gasteiger partial charge is 0.265 e. The van der Waals surface area contributed by atoms with Crippen molar-refractivity contribution < 1.29 is 4.79 Å². The van der Waals surface area contributed by atoms with Crippen molar-refractivity contribution in [1.82, 2.24) is 19.5 Å². The maximum atomic E-state index is 13.0. The molecule has 0 N–H and O–H groups in total. The Bertz CT molecular complexity index is 1070. The maximum Gasteiger partial charge on any atom is 0.265 e. The molecular formula is C18H10Cl2N4O. The molecule has 122 valence electrons. The summed E-state index contributed by atoms with van der Waals surface area (Å²) in [4.78, 5) is 25.0. The van der Waals surface area contributed by atoms with E-state index in [1.807, 2.05) is 6.07 Å². The summed E-state index contributed by atoms with van der Waals surface area (Å²) in [5.41, 5.74) is 2.50. The lowest BCUT2D eigenvalue weighted by atomic mass is 10.1. The molecular weight excluding hydrogens is 359 g/mol. The molecule has 0 aliphatic rings. The van der Waals surface area contributed by atoms with E-state index < -0.39 is 0 Å². The van der Waals surface area contributed by atoms with Crippen LogP contribution in [0, 0.1) is 0 Å². The van der Waals surface area contributed by atoms with Gasteiger partial charge < -0.3 is 0 Å². The van der Waals surface area contributed by atoms with Gasteiger partial charge in [0.05, 0.1) is 21.1 Å². The highest BCUT2D eigenvalue weighted by atomic mass is 35.5. The van der Waals surface area contributed by atoms with E-state index in [0.29, 0.717) is 0 Å². The van der Waals surface area contributed by atoms with Crippen molar-refractivity contribution in [3.05, 3.63) is 77.2 Å². The van der Waals surface area contributed by atoms with Crippen molar-refractivity contribution in [2.24, 2.45) is 0 Å². The molecule has 7 heteroatoms. The molecule has 25 heavy (non-hydrogen) atoms. The third-order valence-corrected chi connectivity index (χ3v) is 4.46. The Balaban J connectivity index is 1.82. The summed E-state index contributed by atoms with van der Waals surface area (Å²) in [6.45, 7) is 0. The van der Waals surface area contributed by atoms with Crippen LogP contribution >= 0.6 is 23.2 Å². The van der Waals surface area contributed by atoms with Crippen LogP contribution < -0.4 is 0 Å². The zero-order valence-corrected chi connectivity index (χ0v) is 14.2. The van der Waals surface area contributed by atoms with Gasteiger partial charge in [-0.15, -0.1) is 0 Å². The molecule has 3 heterocycles. The largest absolute Gasteiger partial charge is 0.283 e. The lowest BCUT2D eigenvalue weighted by molar-refractivity contribution is 0.0965. The molecule has 0 atom stereocenters. The highest BCUT2D eigenvalue weighted by molar-refractivity contribution is 6.40. The second-order valence-electron chi connectivity index (χ2n) is 5.37. The van der Waals surface area contributed by atoms with Crippen LogP contribution in [0.25, 0.3) is 22.0 Å².